The lowest BCUT2D eigenvalue weighted by atomic mass is 10.2. The van der Waals surface area contributed by atoms with Crippen molar-refractivity contribution >= 4 is 38.4 Å². The third-order valence-electron chi connectivity index (χ3n) is 5.99. The molecule has 0 bridgehead atoms. The Morgan fingerprint density at radius 2 is 1.82 bits per heavy atom. The molecular weight excluding hydrogens is 448 g/mol. The lowest BCUT2D eigenvalue weighted by molar-refractivity contribution is -0.121. The first-order chi connectivity index (χ1) is 16.7. The SMILES string of the molecule is O=C(CCc1nc2ccccc2c(=O)n1C1CC1)NCc1ccc(-c2nc3ccccc3s2)o1. The molecule has 170 valence electrons. The second-order valence-corrected chi connectivity index (χ2v) is 9.51. The van der Waals surface area contributed by atoms with Crippen LogP contribution in [0.15, 0.2) is 69.9 Å². The molecule has 0 spiro atoms. The number of aryl methyl sites for hydroxylation is 1. The molecule has 5 aromatic rings. The summed E-state index contributed by atoms with van der Waals surface area (Å²) in [5, 5.41) is 4.36. The predicted octanol–water partition coefficient (Wildman–Crippen LogP) is 4.85. The van der Waals surface area contributed by atoms with Gasteiger partial charge < -0.3 is 9.73 Å². The number of carbonyl (C=O) groups excluding carboxylic acids is 1. The van der Waals surface area contributed by atoms with E-state index in [4.69, 9.17) is 9.40 Å². The number of aromatic nitrogens is 3. The lowest BCUT2D eigenvalue weighted by Crippen LogP contribution is -2.27. The molecule has 1 saturated carbocycles. The molecule has 1 N–H and O–H groups in total. The minimum atomic E-state index is -0.109. The fraction of sp³-hybridized carbons (Fsp3) is 0.231. The number of hydrogen-bond donors (Lipinski definition) is 1. The van der Waals surface area contributed by atoms with Gasteiger partial charge in [-0.1, -0.05) is 24.3 Å². The quantitative estimate of drug-likeness (QED) is 0.367. The summed E-state index contributed by atoms with van der Waals surface area (Å²) in [7, 11) is 0. The highest BCUT2D eigenvalue weighted by molar-refractivity contribution is 7.21. The van der Waals surface area contributed by atoms with Crippen LogP contribution in [0.3, 0.4) is 0 Å². The van der Waals surface area contributed by atoms with E-state index in [0.717, 1.165) is 28.1 Å². The van der Waals surface area contributed by atoms with Crippen molar-refractivity contribution in [2.24, 2.45) is 0 Å². The van der Waals surface area contributed by atoms with Crippen molar-refractivity contribution in [3.8, 4) is 10.8 Å². The molecule has 1 aliphatic rings. The second-order valence-electron chi connectivity index (χ2n) is 8.48. The monoisotopic (exact) mass is 470 g/mol. The second kappa shape index (κ2) is 8.53. The number of hydrogen-bond acceptors (Lipinski definition) is 6. The summed E-state index contributed by atoms with van der Waals surface area (Å²) in [6.45, 7) is 0.296. The van der Waals surface area contributed by atoms with Gasteiger partial charge in [0.1, 0.15) is 11.6 Å². The Bertz CT molecular complexity index is 1550. The number of thiazole rings is 1. The van der Waals surface area contributed by atoms with Crippen LogP contribution in [0.5, 0.6) is 0 Å². The largest absolute Gasteiger partial charge is 0.457 e. The zero-order chi connectivity index (χ0) is 23.1. The first-order valence-corrected chi connectivity index (χ1v) is 12.2. The van der Waals surface area contributed by atoms with Gasteiger partial charge >= 0.3 is 0 Å². The molecule has 0 unspecified atom stereocenters. The van der Waals surface area contributed by atoms with Crippen LogP contribution in [-0.4, -0.2) is 20.4 Å². The van der Waals surface area contributed by atoms with Crippen LogP contribution in [0.4, 0.5) is 0 Å². The molecule has 3 aromatic heterocycles. The summed E-state index contributed by atoms with van der Waals surface area (Å²) in [4.78, 5) is 34.8. The minimum absolute atomic E-state index is 0.0125. The fourth-order valence-electron chi connectivity index (χ4n) is 4.14. The van der Waals surface area contributed by atoms with Crippen molar-refractivity contribution in [1.82, 2.24) is 19.9 Å². The van der Waals surface area contributed by atoms with Crippen molar-refractivity contribution in [3.63, 3.8) is 0 Å². The lowest BCUT2D eigenvalue weighted by Gasteiger charge is -2.12. The van der Waals surface area contributed by atoms with Crippen molar-refractivity contribution in [3.05, 3.63) is 82.6 Å². The summed E-state index contributed by atoms with van der Waals surface area (Å²) in [5.74, 6) is 1.93. The summed E-state index contributed by atoms with van der Waals surface area (Å²) in [6, 6.07) is 19.3. The molecule has 8 heteroatoms. The van der Waals surface area contributed by atoms with E-state index in [1.54, 1.807) is 15.9 Å². The van der Waals surface area contributed by atoms with E-state index in [1.807, 2.05) is 60.7 Å². The number of furan rings is 1. The maximum atomic E-state index is 13.0. The van der Waals surface area contributed by atoms with Crippen LogP contribution in [0.2, 0.25) is 0 Å². The summed E-state index contributed by atoms with van der Waals surface area (Å²) >= 11 is 1.58. The smallest absolute Gasteiger partial charge is 0.261 e. The number of carbonyl (C=O) groups is 1. The Hall–Kier alpha value is -3.78. The normalized spacial score (nSPS) is 13.5. The van der Waals surface area contributed by atoms with Gasteiger partial charge in [-0.25, -0.2) is 9.97 Å². The van der Waals surface area contributed by atoms with Gasteiger partial charge in [0.15, 0.2) is 10.8 Å². The van der Waals surface area contributed by atoms with E-state index in [9.17, 15) is 9.59 Å². The van der Waals surface area contributed by atoms with Crippen LogP contribution < -0.4 is 10.9 Å². The number of fused-ring (bicyclic) bond motifs is 2. The molecule has 0 radical (unpaired) electrons. The third-order valence-corrected chi connectivity index (χ3v) is 7.05. The van der Waals surface area contributed by atoms with Crippen LogP contribution in [0.25, 0.3) is 31.9 Å². The van der Waals surface area contributed by atoms with E-state index in [-0.39, 0.29) is 23.9 Å². The molecule has 1 aliphatic carbocycles. The summed E-state index contributed by atoms with van der Waals surface area (Å²) in [5.41, 5.74) is 1.61. The Kier molecular flexibility index (Phi) is 5.22. The fourth-order valence-corrected chi connectivity index (χ4v) is 5.07. The number of amides is 1. The first kappa shape index (κ1) is 20.8. The van der Waals surface area contributed by atoms with E-state index in [1.165, 1.54) is 0 Å². The maximum absolute atomic E-state index is 13.0. The van der Waals surface area contributed by atoms with Gasteiger partial charge in [-0.3, -0.25) is 14.2 Å². The summed E-state index contributed by atoms with van der Waals surface area (Å²) < 4.78 is 8.80. The molecular formula is C26H22N4O3S. The molecule has 34 heavy (non-hydrogen) atoms. The number of rotatable bonds is 7. The molecule has 6 rings (SSSR count). The number of para-hydroxylation sites is 2. The average molecular weight is 471 g/mol. The van der Waals surface area contributed by atoms with Crippen molar-refractivity contribution < 1.29 is 9.21 Å². The highest BCUT2D eigenvalue weighted by Gasteiger charge is 2.28. The minimum Gasteiger partial charge on any atom is -0.457 e. The van der Waals surface area contributed by atoms with Crippen LogP contribution >= 0.6 is 11.3 Å². The van der Waals surface area contributed by atoms with Gasteiger partial charge in [0.25, 0.3) is 5.56 Å². The Labute approximate surface area is 199 Å². The summed E-state index contributed by atoms with van der Waals surface area (Å²) in [6.07, 6.45) is 2.63. The molecule has 1 fully saturated rings. The number of nitrogens with one attached hydrogen (secondary N) is 1. The van der Waals surface area contributed by atoms with Crippen LogP contribution in [0.1, 0.15) is 36.9 Å². The molecule has 7 nitrogen and oxygen atoms in total. The highest BCUT2D eigenvalue weighted by Crippen LogP contribution is 2.35. The van der Waals surface area contributed by atoms with Gasteiger partial charge in [0, 0.05) is 18.9 Å². The van der Waals surface area contributed by atoms with E-state index in [0.29, 0.717) is 41.2 Å². The zero-order valence-corrected chi connectivity index (χ0v) is 19.2. The standard InChI is InChI=1S/C26H22N4O3S/c31-24(14-13-23-28-19-6-2-1-5-18(19)26(32)30(23)16-9-10-16)27-15-17-11-12-21(33-17)25-29-20-7-3-4-8-22(20)34-25/h1-8,11-12,16H,9-10,13-15H2,(H,27,31). The highest BCUT2D eigenvalue weighted by atomic mass is 32.1. The first-order valence-electron chi connectivity index (χ1n) is 11.4. The van der Waals surface area contributed by atoms with Crippen LogP contribution in [0, 0.1) is 0 Å². The van der Waals surface area contributed by atoms with Gasteiger partial charge in [0.2, 0.25) is 5.91 Å². The number of benzene rings is 2. The number of nitrogens with zero attached hydrogens (tertiary/aromatic N) is 3. The predicted molar refractivity (Wildman–Crippen MR) is 132 cm³/mol. The molecule has 0 aliphatic heterocycles. The topological polar surface area (TPSA) is 90.0 Å². The molecule has 2 aromatic carbocycles. The van der Waals surface area contributed by atoms with Crippen molar-refractivity contribution in [1.29, 1.82) is 0 Å². The Morgan fingerprint density at radius 1 is 1.03 bits per heavy atom. The molecule has 3 heterocycles. The third kappa shape index (κ3) is 4.01. The van der Waals surface area contributed by atoms with E-state index >= 15 is 0 Å². The molecule has 1 amide bonds. The zero-order valence-electron chi connectivity index (χ0n) is 18.4. The maximum Gasteiger partial charge on any atom is 0.261 e. The van der Waals surface area contributed by atoms with Crippen molar-refractivity contribution in [2.45, 2.75) is 38.3 Å². The average Bonchev–Trinajstić information content (AvgIpc) is 3.40. The van der Waals surface area contributed by atoms with E-state index in [2.05, 4.69) is 10.3 Å². The van der Waals surface area contributed by atoms with Crippen molar-refractivity contribution in [2.75, 3.05) is 0 Å². The van der Waals surface area contributed by atoms with E-state index < -0.39 is 0 Å². The van der Waals surface area contributed by atoms with Gasteiger partial charge in [-0.05, 0) is 49.2 Å². The molecule has 0 atom stereocenters. The Balaban J connectivity index is 1.11. The van der Waals surface area contributed by atoms with Crippen LogP contribution in [-0.2, 0) is 17.8 Å². The van der Waals surface area contributed by atoms with Gasteiger partial charge in [-0.15, -0.1) is 11.3 Å². The van der Waals surface area contributed by atoms with Gasteiger partial charge in [-0.2, -0.15) is 0 Å². The Morgan fingerprint density at radius 3 is 2.65 bits per heavy atom. The van der Waals surface area contributed by atoms with Gasteiger partial charge in [0.05, 0.1) is 27.7 Å². The molecule has 0 saturated heterocycles.